The zero-order valence-electron chi connectivity index (χ0n) is 15.6. The molecule has 0 spiro atoms. The van der Waals surface area contributed by atoms with Crippen molar-refractivity contribution in [3.63, 3.8) is 0 Å². The van der Waals surface area contributed by atoms with Gasteiger partial charge in [-0.2, -0.15) is 0 Å². The highest BCUT2D eigenvalue weighted by Crippen LogP contribution is 2.32. The number of nitrogens with zero attached hydrogens (tertiary/aromatic N) is 3. The molecule has 0 saturated heterocycles. The SMILES string of the molecule is O=C(NCc1nnc2ccccn12)c1cc2ccccc2cc1NC(=O)C1CC1. The van der Waals surface area contributed by atoms with Gasteiger partial charge < -0.3 is 10.6 Å². The summed E-state index contributed by atoms with van der Waals surface area (Å²) < 4.78 is 1.83. The molecular weight excluding hydrogens is 366 g/mol. The first-order valence-electron chi connectivity index (χ1n) is 9.59. The van der Waals surface area contributed by atoms with Crippen molar-refractivity contribution in [3.8, 4) is 0 Å². The number of rotatable bonds is 5. The van der Waals surface area contributed by atoms with Crippen molar-refractivity contribution in [2.45, 2.75) is 19.4 Å². The third kappa shape index (κ3) is 3.42. The molecule has 144 valence electrons. The Balaban J connectivity index is 1.43. The van der Waals surface area contributed by atoms with Gasteiger partial charge in [0.2, 0.25) is 5.91 Å². The molecule has 1 saturated carbocycles. The van der Waals surface area contributed by atoms with Gasteiger partial charge in [-0.1, -0.05) is 30.3 Å². The smallest absolute Gasteiger partial charge is 0.253 e. The highest BCUT2D eigenvalue weighted by molar-refractivity contribution is 6.08. The van der Waals surface area contributed by atoms with Crippen molar-refractivity contribution in [1.29, 1.82) is 0 Å². The molecule has 0 unspecified atom stereocenters. The first-order valence-corrected chi connectivity index (χ1v) is 9.59. The van der Waals surface area contributed by atoms with E-state index < -0.39 is 0 Å². The molecule has 4 aromatic rings. The zero-order valence-corrected chi connectivity index (χ0v) is 15.6. The van der Waals surface area contributed by atoms with Crippen LogP contribution in [0.2, 0.25) is 0 Å². The maximum atomic E-state index is 13.0. The number of hydrogen-bond acceptors (Lipinski definition) is 4. The Morgan fingerprint density at radius 2 is 1.76 bits per heavy atom. The van der Waals surface area contributed by atoms with Gasteiger partial charge in [0, 0.05) is 12.1 Å². The predicted octanol–water partition coefficient (Wildman–Crippen LogP) is 3.16. The van der Waals surface area contributed by atoms with Crippen LogP contribution < -0.4 is 10.6 Å². The molecule has 2 aromatic heterocycles. The molecule has 1 fully saturated rings. The molecule has 7 nitrogen and oxygen atoms in total. The number of carbonyl (C=O) groups is 2. The Morgan fingerprint density at radius 3 is 2.55 bits per heavy atom. The van der Waals surface area contributed by atoms with Gasteiger partial charge in [0.05, 0.1) is 17.8 Å². The van der Waals surface area contributed by atoms with Gasteiger partial charge >= 0.3 is 0 Å². The summed E-state index contributed by atoms with van der Waals surface area (Å²) in [4.78, 5) is 25.3. The van der Waals surface area contributed by atoms with Crippen molar-refractivity contribution in [2.24, 2.45) is 5.92 Å². The molecule has 29 heavy (non-hydrogen) atoms. The van der Waals surface area contributed by atoms with E-state index in [0.29, 0.717) is 17.1 Å². The van der Waals surface area contributed by atoms with Crippen molar-refractivity contribution in [3.05, 3.63) is 72.2 Å². The van der Waals surface area contributed by atoms with Crippen molar-refractivity contribution in [1.82, 2.24) is 19.9 Å². The fraction of sp³-hybridized carbons (Fsp3) is 0.182. The normalized spacial score (nSPS) is 13.5. The molecular formula is C22H19N5O2. The molecule has 0 radical (unpaired) electrons. The average molecular weight is 385 g/mol. The fourth-order valence-electron chi connectivity index (χ4n) is 3.38. The Morgan fingerprint density at radius 1 is 1.00 bits per heavy atom. The molecule has 2 N–H and O–H groups in total. The lowest BCUT2D eigenvalue weighted by molar-refractivity contribution is -0.117. The minimum Gasteiger partial charge on any atom is -0.345 e. The van der Waals surface area contributed by atoms with Gasteiger partial charge in [-0.25, -0.2) is 0 Å². The topological polar surface area (TPSA) is 88.4 Å². The predicted molar refractivity (Wildman–Crippen MR) is 109 cm³/mol. The van der Waals surface area contributed by atoms with Crippen molar-refractivity contribution >= 4 is 33.9 Å². The second kappa shape index (κ2) is 7.01. The molecule has 2 heterocycles. The highest BCUT2D eigenvalue weighted by Gasteiger charge is 2.30. The van der Waals surface area contributed by atoms with Gasteiger partial charge in [-0.3, -0.25) is 14.0 Å². The van der Waals surface area contributed by atoms with Crippen LogP contribution in [-0.4, -0.2) is 26.4 Å². The Bertz CT molecular complexity index is 1240. The van der Waals surface area contributed by atoms with Crippen LogP contribution in [0.15, 0.2) is 60.8 Å². The quantitative estimate of drug-likeness (QED) is 0.552. The molecule has 1 aliphatic carbocycles. The number of aromatic nitrogens is 3. The highest BCUT2D eigenvalue weighted by atomic mass is 16.2. The molecule has 5 rings (SSSR count). The molecule has 0 bridgehead atoms. The first kappa shape index (κ1) is 17.4. The maximum Gasteiger partial charge on any atom is 0.253 e. The monoisotopic (exact) mass is 385 g/mol. The van der Waals surface area contributed by atoms with E-state index in [1.807, 2.05) is 65.2 Å². The van der Waals surface area contributed by atoms with Crippen LogP contribution in [-0.2, 0) is 11.3 Å². The molecule has 7 heteroatoms. The van der Waals surface area contributed by atoms with Crippen LogP contribution in [0.3, 0.4) is 0 Å². The lowest BCUT2D eigenvalue weighted by Crippen LogP contribution is -2.26. The number of amides is 2. The minimum atomic E-state index is -0.269. The second-order valence-electron chi connectivity index (χ2n) is 7.24. The number of nitrogens with one attached hydrogen (secondary N) is 2. The summed E-state index contributed by atoms with van der Waals surface area (Å²) in [5.74, 6) is 0.394. The second-order valence-corrected chi connectivity index (χ2v) is 7.24. The number of pyridine rings is 1. The molecule has 1 aliphatic rings. The Kier molecular flexibility index (Phi) is 4.20. The lowest BCUT2D eigenvalue weighted by atomic mass is 10.0. The number of anilines is 1. The summed E-state index contributed by atoms with van der Waals surface area (Å²) in [5, 5.41) is 16.0. The maximum absolute atomic E-state index is 13.0. The standard InChI is InChI=1S/C22H19N5O2/c28-21(14-8-9-14)24-18-12-16-6-2-1-5-15(16)11-17(18)22(29)23-13-20-26-25-19-7-3-4-10-27(19)20/h1-7,10-12,14H,8-9,13H2,(H,23,29)(H,24,28). The molecule has 2 aromatic carbocycles. The van der Waals surface area contributed by atoms with Gasteiger partial charge in [0.25, 0.3) is 5.91 Å². The van der Waals surface area contributed by atoms with E-state index in [2.05, 4.69) is 20.8 Å². The molecule has 0 atom stereocenters. The third-order valence-corrected chi connectivity index (χ3v) is 5.13. The van der Waals surface area contributed by atoms with Gasteiger partial charge in [-0.15, -0.1) is 10.2 Å². The van der Waals surface area contributed by atoms with E-state index in [1.165, 1.54) is 0 Å². The number of fused-ring (bicyclic) bond motifs is 2. The van der Waals surface area contributed by atoms with E-state index in [-0.39, 0.29) is 24.3 Å². The number of carbonyl (C=O) groups excluding carboxylic acids is 2. The van der Waals surface area contributed by atoms with E-state index in [9.17, 15) is 9.59 Å². The lowest BCUT2D eigenvalue weighted by Gasteiger charge is -2.13. The Labute approximate surface area is 166 Å². The van der Waals surface area contributed by atoms with Gasteiger partial charge in [0.1, 0.15) is 0 Å². The third-order valence-electron chi connectivity index (χ3n) is 5.13. The average Bonchev–Trinajstić information content (AvgIpc) is 3.52. The summed E-state index contributed by atoms with van der Waals surface area (Å²) in [7, 11) is 0. The van der Waals surface area contributed by atoms with Crippen molar-refractivity contribution < 1.29 is 9.59 Å². The molecule has 0 aliphatic heterocycles. The van der Waals surface area contributed by atoms with Crippen LogP contribution in [0.5, 0.6) is 0 Å². The van der Waals surface area contributed by atoms with E-state index in [4.69, 9.17) is 0 Å². The van der Waals surface area contributed by atoms with Crippen molar-refractivity contribution in [2.75, 3.05) is 5.32 Å². The van der Waals surface area contributed by atoms with E-state index >= 15 is 0 Å². The largest absolute Gasteiger partial charge is 0.345 e. The Hall–Kier alpha value is -3.74. The summed E-state index contributed by atoms with van der Waals surface area (Å²) in [6.07, 6.45) is 3.66. The first-order chi connectivity index (χ1) is 14.2. The van der Waals surface area contributed by atoms with Gasteiger partial charge in [-0.05, 0) is 47.9 Å². The number of benzene rings is 2. The van der Waals surface area contributed by atoms with Crippen LogP contribution in [0.4, 0.5) is 5.69 Å². The van der Waals surface area contributed by atoms with Crippen LogP contribution in [0.25, 0.3) is 16.4 Å². The summed E-state index contributed by atoms with van der Waals surface area (Å²) in [6.45, 7) is 0.229. The molecule has 2 amide bonds. The van der Waals surface area contributed by atoms with Crippen LogP contribution in [0, 0.1) is 5.92 Å². The van der Waals surface area contributed by atoms with E-state index in [0.717, 1.165) is 29.3 Å². The summed E-state index contributed by atoms with van der Waals surface area (Å²) >= 11 is 0. The van der Waals surface area contributed by atoms with E-state index in [1.54, 1.807) is 0 Å². The number of hydrogen-bond donors (Lipinski definition) is 2. The summed E-state index contributed by atoms with van der Waals surface area (Å²) in [6, 6.07) is 17.1. The van der Waals surface area contributed by atoms with Crippen LogP contribution in [0.1, 0.15) is 29.0 Å². The van der Waals surface area contributed by atoms with Crippen LogP contribution >= 0.6 is 0 Å². The summed E-state index contributed by atoms with van der Waals surface area (Å²) in [5.41, 5.74) is 1.69. The van der Waals surface area contributed by atoms with Gasteiger partial charge in [0.15, 0.2) is 11.5 Å². The minimum absolute atomic E-state index is 0.0298. The zero-order chi connectivity index (χ0) is 19.8. The fourth-order valence-corrected chi connectivity index (χ4v) is 3.38.